The van der Waals surface area contributed by atoms with Crippen LogP contribution in [-0.2, 0) is 11.3 Å². The van der Waals surface area contributed by atoms with Crippen molar-refractivity contribution in [2.75, 3.05) is 16.4 Å². The zero-order chi connectivity index (χ0) is 23.2. The van der Waals surface area contributed by atoms with Gasteiger partial charge in [-0.3, -0.25) is 4.79 Å². The van der Waals surface area contributed by atoms with Crippen molar-refractivity contribution >= 4 is 40.5 Å². The Morgan fingerprint density at radius 3 is 2.85 bits per heavy atom. The lowest BCUT2D eigenvalue weighted by Gasteiger charge is -2.08. The number of nitrogens with zero attached hydrogens (tertiary/aromatic N) is 4. The Labute approximate surface area is 201 Å². The lowest BCUT2D eigenvalue weighted by molar-refractivity contribution is -0.117. The van der Waals surface area contributed by atoms with Crippen LogP contribution in [0.1, 0.15) is 47.9 Å². The lowest BCUT2D eigenvalue weighted by Crippen LogP contribution is -2.16. The fourth-order valence-corrected chi connectivity index (χ4v) is 4.61. The Morgan fingerprint density at radius 2 is 2.00 bits per heavy atom. The predicted molar refractivity (Wildman–Crippen MR) is 132 cm³/mol. The number of halogens is 1. The van der Waals surface area contributed by atoms with Crippen LogP contribution >= 0.6 is 11.6 Å². The second-order valence-electron chi connectivity index (χ2n) is 9.06. The fourth-order valence-electron chi connectivity index (χ4n) is 4.43. The average molecular weight is 474 g/mol. The van der Waals surface area contributed by atoms with Gasteiger partial charge in [0.15, 0.2) is 0 Å². The molecule has 1 aromatic carbocycles. The molecule has 2 unspecified atom stereocenters. The monoisotopic (exact) mass is 473 g/mol. The van der Waals surface area contributed by atoms with E-state index in [4.69, 9.17) is 17.3 Å². The summed E-state index contributed by atoms with van der Waals surface area (Å²) in [5, 5.41) is 6.68. The Balaban J connectivity index is 1.08. The Hall–Kier alpha value is -3.65. The first-order chi connectivity index (χ1) is 16.5. The number of nitrogens with one attached hydrogen (secondary N) is 2. The summed E-state index contributed by atoms with van der Waals surface area (Å²) in [6.45, 7) is 0.517. The molecule has 0 saturated heterocycles. The standard InChI is InChI=1S/C25H24ClN7O/c26-20-3-1-2-17(24(20)27)18-8-19(18)25(34)32-22-9-21(29-13-30-22)28-10-16-12-33-11-15(14-4-5-14)6-7-23(33)31-16/h1-3,6-7,9,11-14,18-19H,4-5,8,10,27H2,(H2,28,29,30,32,34). The van der Waals surface area contributed by atoms with E-state index in [1.165, 1.54) is 24.7 Å². The largest absolute Gasteiger partial charge is 0.397 e. The number of hydrogen-bond donors (Lipinski definition) is 3. The van der Waals surface area contributed by atoms with Gasteiger partial charge >= 0.3 is 0 Å². The molecule has 2 aliphatic rings. The van der Waals surface area contributed by atoms with Crippen molar-refractivity contribution in [1.82, 2.24) is 19.4 Å². The first-order valence-corrected chi connectivity index (χ1v) is 11.8. The Bertz CT molecular complexity index is 1400. The molecule has 2 saturated carbocycles. The summed E-state index contributed by atoms with van der Waals surface area (Å²) in [5.41, 5.74) is 10.8. The number of rotatable bonds is 7. The number of benzene rings is 1. The van der Waals surface area contributed by atoms with Gasteiger partial charge in [0.2, 0.25) is 5.91 Å². The van der Waals surface area contributed by atoms with Crippen LogP contribution in [-0.4, -0.2) is 25.3 Å². The molecule has 2 fully saturated rings. The number of aromatic nitrogens is 4. The zero-order valence-electron chi connectivity index (χ0n) is 18.4. The van der Waals surface area contributed by atoms with Gasteiger partial charge in [0.25, 0.3) is 0 Å². The number of nitrogen functional groups attached to an aromatic ring is 1. The summed E-state index contributed by atoms with van der Waals surface area (Å²) in [6.07, 6.45) is 8.93. The number of hydrogen-bond acceptors (Lipinski definition) is 6. The molecule has 34 heavy (non-hydrogen) atoms. The van der Waals surface area contributed by atoms with Crippen LogP contribution in [0.2, 0.25) is 5.02 Å². The molecule has 2 aliphatic carbocycles. The second kappa shape index (κ2) is 8.29. The number of anilines is 3. The van der Waals surface area contributed by atoms with E-state index in [-0.39, 0.29) is 17.7 Å². The molecular formula is C25H24ClN7O. The van der Waals surface area contributed by atoms with Crippen LogP contribution in [0, 0.1) is 5.92 Å². The molecule has 4 aromatic rings. The highest BCUT2D eigenvalue weighted by atomic mass is 35.5. The molecule has 8 nitrogen and oxygen atoms in total. The number of pyridine rings is 1. The summed E-state index contributed by atoms with van der Waals surface area (Å²) in [5.74, 6) is 1.63. The first-order valence-electron chi connectivity index (χ1n) is 11.4. The number of para-hydroxylation sites is 1. The maximum Gasteiger partial charge on any atom is 0.229 e. The maximum absolute atomic E-state index is 12.7. The molecule has 6 rings (SSSR count). The van der Waals surface area contributed by atoms with Gasteiger partial charge in [-0.05, 0) is 54.4 Å². The SMILES string of the molecule is Nc1c(Cl)cccc1C1CC1C(=O)Nc1cc(NCc2cn3cc(C4CC4)ccc3n2)ncn1. The van der Waals surface area contributed by atoms with E-state index in [2.05, 4.69) is 48.3 Å². The van der Waals surface area contributed by atoms with Gasteiger partial charge in [0.1, 0.15) is 23.6 Å². The predicted octanol–water partition coefficient (Wildman–Crippen LogP) is 4.59. The summed E-state index contributed by atoms with van der Waals surface area (Å²) < 4.78 is 2.08. The molecule has 2 atom stereocenters. The highest BCUT2D eigenvalue weighted by Crippen LogP contribution is 2.50. The van der Waals surface area contributed by atoms with Crippen molar-refractivity contribution in [1.29, 1.82) is 0 Å². The highest BCUT2D eigenvalue weighted by Gasteiger charge is 2.45. The van der Waals surface area contributed by atoms with E-state index >= 15 is 0 Å². The molecule has 1 amide bonds. The fraction of sp³-hybridized carbons (Fsp3) is 0.280. The smallest absolute Gasteiger partial charge is 0.229 e. The molecule has 0 radical (unpaired) electrons. The molecule has 4 N–H and O–H groups in total. The van der Waals surface area contributed by atoms with Crippen molar-refractivity contribution in [3.63, 3.8) is 0 Å². The molecule has 9 heteroatoms. The molecule has 3 aromatic heterocycles. The number of carbonyl (C=O) groups excluding carboxylic acids is 1. The molecule has 0 bridgehead atoms. The van der Waals surface area contributed by atoms with E-state index in [1.807, 2.05) is 18.3 Å². The molecule has 0 aliphatic heterocycles. The van der Waals surface area contributed by atoms with Crippen molar-refractivity contribution < 1.29 is 4.79 Å². The van der Waals surface area contributed by atoms with Gasteiger partial charge in [-0.15, -0.1) is 0 Å². The van der Waals surface area contributed by atoms with Crippen LogP contribution in [0.4, 0.5) is 17.3 Å². The van der Waals surface area contributed by atoms with Crippen molar-refractivity contribution in [2.24, 2.45) is 5.92 Å². The van der Waals surface area contributed by atoms with Gasteiger partial charge in [-0.25, -0.2) is 15.0 Å². The minimum atomic E-state index is -0.148. The third kappa shape index (κ3) is 4.17. The van der Waals surface area contributed by atoms with Gasteiger partial charge in [0, 0.05) is 24.4 Å². The van der Waals surface area contributed by atoms with E-state index in [9.17, 15) is 4.79 Å². The van der Waals surface area contributed by atoms with Gasteiger partial charge in [-0.2, -0.15) is 0 Å². The van der Waals surface area contributed by atoms with Crippen molar-refractivity contribution in [3.05, 3.63) is 77.0 Å². The number of amides is 1. The van der Waals surface area contributed by atoms with Gasteiger partial charge in [0.05, 0.1) is 22.9 Å². The van der Waals surface area contributed by atoms with Crippen molar-refractivity contribution in [2.45, 2.75) is 37.6 Å². The minimum absolute atomic E-state index is 0.0774. The third-order valence-corrected chi connectivity index (χ3v) is 6.88. The van der Waals surface area contributed by atoms with Crippen LogP contribution in [0.15, 0.2) is 55.1 Å². The Morgan fingerprint density at radius 1 is 1.15 bits per heavy atom. The quantitative estimate of drug-likeness (QED) is 0.338. The van der Waals surface area contributed by atoms with E-state index in [0.29, 0.717) is 34.8 Å². The number of fused-ring (bicyclic) bond motifs is 1. The zero-order valence-corrected chi connectivity index (χ0v) is 19.2. The van der Waals surface area contributed by atoms with E-state index in [0.717, 1.165) is 23.3 Å². The van der Waals surface area contributed by atoms with Crippen LogP contribution in [0.5, 0.6) is 0 Å². The molecular weight excluding hydrogens is 450 g/mol. The molecule has 0 spiro atoms. The molecule has 3 heterocycles. The summed E-state index contributed by atoms with van der Waals surface area (Å²) >= 11 is 6.12. The maximum atomic E-state index is 12.7. The topological polar surface area (TPSA) is 110 Å². The third-order valence-electron chi connectivity index (χ3n) is 6.55. The first kappa shape index (κ1) is 20.9. The average Bonchev–Trinajstić information content (AvgIpc) is 3.76. The van der Waals surface area contributed by atoms with Crippen molar-refractivity contribution in [3.8, 4) is 0 Å². The van der Waals surface area contributed by atoms with Crippen LogP contribution < -0.4 is 16.4 Å². The van der Waals surface area contributed by atoms with Crippen LogP contribution in [0.25, 0.3) is 5.65 Å². The number of imidazole rings is 1. The molecule has 172 valence electrons. The van der Waals surface area contributed by atoms with E-state index in [1.54, 1.807) is 12.1 Å². The summed E-state index contributed by atoms with van der Waals surface area (Å²) in [4.78, 5) is 25.9. The Kier molecular flexibility index (Phi) is 5.10. The normalized spacial score (nSPS) is 19.2. The number of carbonyl (C=O) groups is 1. The summed E-state index contributed by atoms with van der Waals surface area (Å²) in [6, 6.07) is 11.5. The lowest BCUT2D eigenvalue weighted by atomic mass is 10.1. The minimum Gasteiger partial charge on any atom is -0.397 e. The van der Waals surface area contributed by atoms with Crippen LogP contribution in [0.3, 0.4) is 0 Å². The number of nitrogens with two attached hydrogens (primary N) is 1. The highest BCUT2D eigenvalue weighted by molar-refractivity contribution is 6.33. The van der Waals surface area contributed by atoms with Gasteiger partial charge in [-0.1, -0.05) is 29.8 Å². The van der Waals surface area contributed by atoms with E-state index < -0.39 is 0 Å². The summed E-state index contributed by atoms with van der Waals surface area (Å²) in [7, 11) is 0. The van der Waals surface area contributed by atoms with Gasteiger partial charge < -0.3 is 20.8 Å². The second-order valence-corrected chi connectivity index (χ2v) is 9.46.